The quantitative estimate of drug-likeness (QED) is 0.716. The van der Waals surface area contributed by atoms with Crippen LogP contribution in [0.15, 0.2) is 22.7 Å². The van der Waals surface area contributed by atoms with Crippen molar-refractivity contribution in [2.45, 2.75) is 26.3 Å². The van der Waals surface area contributed by atoms with Crippen LogP contribution in [0.25, 0.3) is 0 Å². The molecule has 0 amide bonds. The van der Waals surface area contributed by atoms with Crippen molar-refractivity contribution in [2.24, 2.45) is 0 Å². The third-order valence-electron chi connectivity index (χ3n) is 2.45. The van der Waals surface area contributed by atoms with Crippen LogP contribution in [0, 0.1) is 0 Å². The van der Waals surface area contributed by atoms with Crippen LogP contribution < -0.4 is 10.6 Å². The summed E-state index contributed by atoms with van der Waals surface area (Å²) < 4.78 is 0.951. The molecule has 0 spiro atoms. The summed E-state index contributed by atoms with van der Waals surface area (Å²) in [6, 6.07) is 6.06. The van der Waals surface area contributed by atoms with Crippen LogP contribution >= 0.6 is 27.5 Å². The highest BCUT2D eigenvalue weighted by atomic mass is 79.9. The molecule has 4 heteroatoms. The van der Waals surface area contributed by atoms with Gasteiger partial charge in [0.2, 0.25) is 0 Å². The molecular formula is C13H20BrClN2. The highest BCUT2D eigenvalue weighted by Gasteiger charge is 1.98. The zero-order valence-electron chi connectivity index (χ0n) is 10.2. The van der Waals surface area contributed by atoms with Gasteiger partial charge in [-0.3, -0.25) is 0 Å². The van der Waals surface area contributed by atoms with Gasteiger partial charge in [0.15, 0.2) is 0 Å². The lowest BCUT2D eigenvalue weighted by molar-refractivity contribution is 0.592. The molecule has 0 aliphatic heterocycles. The summed E-state index contributed by atoms with van der Waals surface area (Å²) in [4.78, 5) is 0. The monoisotopic (exact) mass is 318 g/mol. The SMILES string of the molecule is CCCNCCCNCc1ccc(Br)c(Cl)c1. The highest BCUT2D eigenvalue weighted by molar-refractivity contribution is 9.10. The van der Waals surface area contributed by atoms with E-state index >= 15 is 0 Å². The van der Waals surface area contributed by atoms with Gasteiger partial charge in [-0.2, -0.15) is 0 Å². The minimum absolute atomic E-state index is 0.772. The van der Waals surface area contributed by atoms with Crippen molar-refractivity contribution in [1.29, 1.82) is 0 Å². The van der Waals surface area contributed by atoms with E-state index in [2.05, 4.69) is 39.6 Å². The maximum Gasteiger partial charge on any atom is 0.0551 e. The fraction of sp³-hybridized carbons (Fsp3) is 0.538. The van der Waals surface area contributed by atoms with Gasteiger partial charge in [-0.15, -0.1) is 0 Å². The molecule has 1 aromatic rings. The van der Waals surface area contributed by atoms with Gasteiger partial charge in [0.1, 0.15) is 0 Å². The lowest BCUT2D eigenvalue weighted by Gasteiger charge is -2.06. The molecule has 0 heterocycles. The van der Waals surface area contributed by atoms with Gasteiger partial charge in [0, 0.05) is 11.0 Å². The minimum Gasteiger partial charge on any atom is -0.317 e. The number of hydrogen-bond donors (Lipinski definition) is 2. The number of rotatable bonds is 8. The molecule has 0 atom stereocenters. The van der Waals surface area contributed by atoms with Gasteiger partial charge >= 0.3 is 0 Å². The second-order valence-corrected chi connectivity index (χ2v) is 5.29. The molecule has 0 aromatic heterocycles. The molecule has 0 unspecified atom stereocenters. The van der Waals surface area contributed by atoms with Crippen LogP contribution in [0.2, 0.25) is 5.02 Å². The fourth-order valence-corrected chi connectivity index (χ4v) is 1.97. The zero-order valence-corrected chi connectivity index (χ0v) is 12.6. The molecule has 2 nitrogen and oxygen atoms in total. The average molecular weight is 320 g/mol. The van der Waals surface area contributed by atoms with Crippen molar-refractivity contribution < 1.29 is 0 Å². The van der Waals surface area contributed by atoms with Crippen molar-refractivity contribution >= 4 is 27.5 Å². The van der Waals surface area contributed by atoms with Gasteiger partial charge in [0.25, 0.3) is 0 Å². The summed E-state index contributed by atoms with van der Waals surface area (Å²) in [7, 11) is 0. The lowest BCUT2D eigenvalue weighted by atomic mass is 10.2. The molecule has 1 rings (SSSR count). The Kier molecular flexibility index (Phi) is 7.86. The van der Waals surface area contributed by atoms with Gasteiger partial charge in [-0.1, -0.05) is 24.6 Å². The topological polar surface area (TPSA) is 24.1 Å². The van der Waals surface area contributed by atoms with E-state index in [1.165, 1.54) is 12.0 Å². The van der Waals surface area contributed by atoms with E-state index in [1.807, 2.05) is 12.1 Å². The van der Waals surface area contributed by atoms with Crippen LogP contribution in [-0.2, 0) is 6.54 Å². The molecule has 0 fully saturated rings. The van der Waals surface area contributed by atoms with E-state index in [1.54, 1.807) is 0 Å². The second-order valence-electron chi connectivity index (χ2n) is 4.03. The second kappa shape index (κ2) is 8.92. The van der Waals surface area contributed by atoms with Crippen LogP contribution in [0.3, 0.4) is 0 Å². The maximum absolute atomic E-state index is 6.03. The van der Waals surface area contributed by atoms with Crippen LogP contribution in [0.4, 0.5) is 0 Å². The lowest BCUT2D eigenvalue weighted by Crippen LogP contribution is -2.22. The van der Waals surface area contributed by atoms with E-state index in [9.17, 15) is 0 Å². The standard InChI is InChI=1S/C13H20BrClN2/c1-2-6-16-7-3-8-17-10-11-4-5-12(14)13(15)9-11/h4-5,9,16-17H,2-3,6-8,10H2,1H3. The Labute approximate surface area is 117 Å². The van der Waals surface area contributed by atoms with E-state index < -0.39 is 0 Å². The fourth-order valence-electron chi connectivity index (χ4n) is 1.52. The summed E-state index contributed by atoms with van der Waals surface area (Å²) in [6.45, 7) is 6.29. The third-order valence-corrected chi connectivity index (χ3v) is 3.68. The normalized spacial score (nSPS) is 10.8. The van der Waals surface area contributed by atoms with Gasteiger partial charge in [0.05, 0.1) is 5.02 Å². The summed E-state index contributed by atoms with van der Waals surface area (Å²) in [5, 5.41) is 7.57. The van der Waals surface area contributed by atoms with Gasteiger partial charge in [-0.05, 0) is 66.1 Å². The van der Waals surface area contributed by atoms with Crippen LogP contribution in [0.5, 0.6) is 0 Å². The summed E-state index contributed by atoms with van der Waals surface area (Å²) in [6.07, 6.45) is 2.36. The molecule has 0 aliphatic carbocycles. The van der Waals surface area contributed by atoms with Crippen molar-refractivity contribution in [3.63, 3.8) is 0 Å². The van der Waals surface area contributed by atoms with Crippen molar-refractivity contribution in [3.05, 3.63) is 33.3 Å². The Balaban J connectivity index is 2.11. The molecule has 17 heavy (non-hydrogen) atoms. The predicted molar refractivity (Wildman–Crippen MR) is 78.6 cm³/mol. The van der Waals surface area contributed by atoms with E-state index in [0.717, 1.165) is 42.1 Å². The number of hydrogen-bond acceptors (Lipinski definition) is 2. The van der Waals surface area contributed by atoms with E-state index in [4.69, 9.17) is 11.6 Å². The van der Waals surface area contributed by atoms with E-state index in [-0.39, 0.29) is 0 Å². The molecule has 1 aromatic carbocycles. The molecule has 0 saturated carbocycles. The van der Waals surface area contributed by atoms with Crippen LogP contribution in [0.1, 0.15) is 25.3 Å². The average Bonchev–Trinajstić information content (AvgIpc) is 2.32. The summed E-state index contributed by atoms with van der Waals surface area (Å²) in [5.74, 6) is 0. The molecular weight excluding hydrogens is 300 g/mol. The minimum atomic E-state index is 0.772. The first-order valence-corrected chi connectivity index (χ1v) is 7.26. The number of halogens is 2. The molecule has 0 radical (unpaired) electrons. The predicted octanol–water partition coefficient (Wildman–Crippen LogP) is 3.58. The third kappa shape index (κ3) is 6.41. The Morgan fingerprint density at radius 3 is 2.65 bits per heavy atom. The highest BCUT2D eigenvalue weighted by Crippen LogP contribution is 2.22. The summed E-state index contributed by atoms with van der Waals surface area (Å²) >= 11 is 9.41. The Morgan fingerprint density at radius 2 is 1.94 bits per heavy atom. The van der Waals surface area contributed by atoms with Crippen molar-refractivity contribution in [1.82, 2.24) is 10.6 Å². The molecule has 96 valence electrons. The van der Waals surface area contributed by atoms with Gasteiger partial charge < -0.3 is 10.6 Å². The number of nitrogens with one attached hydrogen (secondary N) is 2. The first kappa shape index (κ1) is 15.0. The molecule has 0 saturated heterocycles. The largest absolute Gasteiger partial charge is 0.317 e. The smallest absolute Gasteiger partial charge is 0.0551 e. The molecule has 2 N–H and O–H groups in total. The van der Waals surface area contributed by atoms with Crippen molar-refractivity contribution in [3.8, 4) is 0 Å². The molecule has 0 aliphatic rings. The Hall–Kier alpha value is -0.0900. The van der Waals surface area contributed by atoms with Crippen molar-refractivity contribution in [2.75, 3.05) is 19.6 Å². The molecule has 0 bridgehead atoms. The maximum atomic E-state index is 6.03. The van der Waals surface area contributed by atoms with E-state index in [0.29, 0.717) is 0 Å². The van der Waals surface area contributed by atoms with Crippen LogP contribution in [-0.4, -0.2) is 19.6 Å². The van der Waals surface area contributed by atoms with Gasteiger partial charge in [-0.25, -0.2) is 0 Å². The first-order chi connectivity index (χ1) is 8.24. The number of benzene rings is 1. The Morgan fingerprint density at radius 1 is 1.18 bits per heavy atom. The summed E-state index contributed by atoms with van der Waals surface area (Å²) in [5.41, 5.74) is 1.22. The first-order valence-electron chi connectivity index (χ1n) is 6.09. The Bertz CT molecular complexity index is 331. The zero-order chi connectivity index (χ0) is 12.5.